The lowest BCUT2D eigenvalue weighted by atomic mass is 10.0. The van der Waals surface area contributed by atoms with Gasteiger partial charge in [0.05, 0.1) is 79.8 Å². The van der Waals surface area contributed by atoms with Crippen molar-refractivity contribution in [2.45, 2.75) is 157 Å². The molecule has 0 saturated carbocycles. The molecule has 6 N–H and O–H groups in total. The number of amides is 5. The van der Waals surface area contributed by atoms with E-state index in [-0.39, 0.29) is 35.3 Å². The number of H-pyrrole nitrogens is 1. The van der Waals surface area contributed by atoms with Crippen molar-refractivity contribution < 1.29 is 76.7 Å². The van der Waals surface area contributed by atoms with E-state index in [9.17, 15) is 48.3 Å². The Hall–Kier alpha value is -15.0. The summed E-state index contributed by atoms with van der Waals surface area (Å²) >= 11 is 0. The van der Waals surface area contributed by atoms with E-state index >= 15 is 0 Å². The number of nitrogens with one attached hydrogen (secondary N) is 5. The Morgan fingerprint density at radius 1 is 0.371 bits per heavy atom. The SMILES string of the molecule is CC(C)(C)OC(=O)n1c(-c2cccc3c2C(=O)NC3)cc2cc(O)ccc21.CC(C)(C)OC(=O)n1c(-c2cccc3c2C(=O)NC3)cc2cc(OCCN3CCCCC3)ccc21.CC(C)(C)OC(=O)n1c(-c2cccc3c2C(=O)NC3)cc2ccccc21.CN1Cc2cccc(-c3ccc[nH]3)c2C1=O.COc1ccc2c(c1)cc(-c1cccc3c1C(=O)NC3)n2C(=O)OC(C)(C)C. The Bertz CT molecular complexity index is 6930. The summed E-state index contributed by atoms with van der Waals surface area (Å²) in [5.41, 5.74) is 15.5. The fourth-order valence-electron chi connectivity index (χ4n) is 17.4. The number of fused-ring (bicyclic) bond motifs is 9. The number of para-hydroxylation sites is 1. The number of aromatic nitrogens is 5. The number of aromatic hydroxyl groups is 1. The summed E-state index contributed by atoms with van der Waals surface area (Å²) in [5.74, 6) is 1.13. The predicted octanol–water partition coefficient (Wildman–Crippen LogP) is 20.2. The van der Waals surface area contributed by atoms with E-state index in [4.69, 9.17) is 28.4 Å². The molecule has 11 heterocycles. The van der Waals surface area contributed by atoms with Crippen molar-refractivity contribution >= 4 is 97.5 Å². The molecule has 0 atom stereocenters. The van der Waals surface area contributed by atoms with E-state index in [1.807, 2.05) is 251 Å². The number of likely N-dealkylation sites (tertiary alicyclic amines) is 1. The fourth-order valence-corrected chi connectivity index (χ4v) is 17.4. The fraction of sp³-hybridized carbons (Fsp3) is 0.286. The largest absolute Gasteiger partial charge is 0.508 e. The molecule has 5 aromatic heterocycles. The first kappa shape index (κ1) is 90.4. The average Bonchev–Trinajstić information content (AvgIpc) is 1.61. The third kappa shape index (κ3) is 19.1. The maximum Gasteiger partial charge on any atom is 0.419 e. The van der Waals surface area contributed by atoms with Crippen LogP contribution in [0.25, 0.3) is 99.9 Å². The lowest BCUT2D eigenvalue weighted by Crippen LogP contribution is -2.33. The molecule has 0 bridgehead atoms. The molecular weight excluding hydrogens is 1670 g/mol. The number of phenolic OH excluding ortho intramolecular Hbond substituents is 1. The normalized spacial score (nSPS) is 14.3. The number of carbonyl (C=O) groups excluding carboxylic acids is 9. The number of carbonyl (C=O) groups is 9. The first-order valence-corrected chi connectivity index (χ1v) is 44.2. The van der Waals surface area contributed by atoms with Gasteiger partial charge in [0.2, 0.25) is 0 Å². The number of piperidine rings is 1. The van der Waals surface area contributed by atoms with Gasteiger partial charge in [0.1, 0.15) is 46.3 Å². The maximum absolute atomic E-state index is 13.3. The van der Waals surface area contributed by atoms with Crippen molar-refractivity contribution in [1.82, 2.24) is 54.3 Å². The van der Waals surface area contributed by atoms with Crippen LogP contribution in [0.3, 0.4) is 0 Å². The average molecular weight is 1780 g/mol. The summed E-state index contributed by atoms with van der Waals surface area (Å²) in [7, 11) is 3.43. The quantitative estimate of drug-likeness (QED) is 0.0693. The number of benzene rings is 9. The molecule has 6 aliphatic heterocycles. The first-order chi connectivity index (χ1) is 62.9. The number of ether oxygens (including phenoxy) is 6. The van der Waals surface area contributed by atoms with Crippen LogP contribution < -0.4 is 30.7 Å². The predicted molar refractivity (Wildman–Crippen MR) is 507 cm³/mol. The number of hydrogen-bond donors (Lipinski definition) is 6. The van der Waals surface area contributed by atoms with Gasteiger partial charge in [-0.2, -0.15) is 0 Å². The molecule has 0 aliphatic carbocycles. The molecule has 9 aromatic carbocycles. The van der Waals surface area contributed by atoms with Gasteiger partial charge in [0.25, 0.3) is 29.5 Å². The molecule has 678 valence electrons. The number of methoxy groups -OCH3 is 1. The van der Waals surface area contributed by atoms with E-state index in [2.05, 4.69) is 31.2 Å². The van der Waals surface area contributed by atoms with Crippen LogP contribution in [0.2, 0.25) is 0 Å². The molecule has 27 heteroatoms. The zero-order valence-corrected chi connectivity index (χ0v) is 76.4. The topological polar surface area (TPSA) is 319 Å². The van der Waals surface area contributed by atoms with Crippen molar-refractivity contribution in [1.29, 1.82) is 0 Å². The third-order valence-corrected chi connectivity index (χ3v) is 23.1. The van der Waals surface area contributed by atoms with Crippen LogP contribution in [0.5, 0.6) is 17.2 Å². The van der Waals surface area contributed by atoms with Gasteiger partial charge in [0, 0.05) is 108 Å². The number of hydrogen-bond acceptors (Lipinski definition) is 17. The molecular formula is C105H107N11O16. The van der Waals surface area contributed by atoms with Gasteiger partial charge in [0.15, 0.2) is 0 Å². The van der Waals surface area contributed by atoms with Crippen LogP contribution in [-0.2, 0) is 51.7 Å². The Labute approximate surface area is 763 Å². The molecule has 1 saturated heterocycles. The molecule has 1 fully saturated rings. The smallest absolute Gasteiger partial charge is 0.419 e. The number of rotatable bonds is 10. The summed E-state index contributed by atoms with van der Waals surface area (Å²) < 4.78 is 40.1. The highest BCUT2D eigenvalue weighted by molar-refractivity contribution is 6.11. The zero-order chi connectivity index (χ0) is 93.6. The van der Waals surface area contributed by atoms with E-state index in [1.54, 1.807) is 66.2 Å². The highest BCUT2D eigenvalue weighted by atomic mass is 16.6. The molecule has 27 nitrogen and oxygen atoms in total. The van der Waals surface area contributed by atoms with Gasteiger partial charge in [-0.15, -0.1) is 0 Å². The minimum Gasteiger partial charge on any atom is -0.508 e. The monoisotopic (exact) mass is 1780 g/mol. The zero-order valence-electron chi connectivity index (χ0n) is 76.4. The van der Waals surface area contributed by atoms with Gasteiger partial charge >= 0.3 is 24.4 Å². The maximum atomic E-state index is 13.3. The Balaban J connectivity index is 0.000000122. The molecule has 5 amide bonds. The second-order valence-corrected chi connectivity index (χ2v) is 37.3. The second kappa shape index (κ2) is 36.5. The van der Waals surface area contributed by atoms with Gasteiger partial charge < -0.3 is 64.7 Å². The van der Waals surface area contributed by atoms with E-state index in [0.717, 1.165) is 97.3 Å². The Kier molecular flexibility index (Phi) is 25.0. The van der Waals surface area contributed by atoms with E-state index in [1.165, 1.54) is 34.5 Å². The van der Waals surface area contributed by atoms with Gasteiger partial charge in [-0.25, -0.2) is 37.4 Å². The number of aromatic amines is 1. The lowest BCUT2D eigenvalue weighted by molar-refractivity contribution is 0.0535. The highest BCUT2D eigenvalue weighted by Gasteiger charge is 2.36. The summed E-state index contributed by atoms with van der Waals surface area (Å²) in [4.78, 5) is 121. The van der Waals surface area contributed by atoms with Crippen LogP contribution >= 0.6 is 0 Å². The van der Waals surface area contributed by atoms with Crippen LogP contribution in [0, 0.1) is 0 Å². The minimum absolute atomic E-state index is 0.103. The van der Waals surface area contributed by atoms with Crippen molar-refractivity contribution in [2.24, 2.45) is 0 Å². The van der Waals surface area contributed by atoms with Crippen molar-refractivity contribution in [3.63, 3.8) is 0 Å². The van der Waals surface area contributed by atoms with Crippen LogP contribution in [-0.4, -0.2) is 155 Å². The van der Waals surface area contributed by atoms with Crippen molar-refractivity contribution in [2.75, 3.05) is 40.4 Å². The molecule has 132 heavy (non-hydrogen) atoms. The van der Waals surface area contributed by atoms with E-state index in [0.29, 0.717) is 129 Å². The number of nitrogens with zero attached hydrogens (tertiary/aromatic N) is 6. The van der Waals surface area contributed by atoms with Crippen molar-refractivity contribution in [3.8, 4) is 73.5 Å². The van der Waals surface area contributed by atoms with Gasteiger partial charge in [-0.05, 0) is 234 Å². The van der Waals surface area contributed by atoms with Crippen LogP contribution in [0.1, 0.15) is 182 Å². The molecule has 6 aliphatic rings. The lowest BCUT2D eigenvalue weighted by Gasteiger charge is -2.26. The minimum atomic E-state index is -0.669. The van der Waals surface area contributed by atoms with Crippen LogP contribution in [0.15, 0.2) is 212 Å². The molecule has 0 unspecified atom stereocenters. The van der Waals surface area contributed by atoms with Gasteiger partial charge in [-0.3, -0.25) is 28.9 Å². The Morgan fingerprint density at radius 2 is 0.735 bits per heavy atom. The highest BCUT2D eigenvalue weighted by Crippen LogP contribution is 2.42. The molecule has 14 aromatic rings. The summed E-state index contributed by atoms with van der Waals surface area (Å²) in [6.07, 6.45) is 3.76. The summed E-state index contributed by atoms with van der Waals surface area (Å²) in [6, 6.07) is 63.8. The van der Waals surface area contributed by atoms with Gasteiger partial charge in [-0.1, -0.05) is 116 Å². The number of phenols is 1. The molecule has 0 radical (unpaired) electrons. The molecule has 0 spiro atoms. The summed E-state index contributed by atoms with van der Waals surface area (Å²) in [5, 5.41) is 24.5. The van der Waals surface area contributed by atoms with E-state index < -0.39 is 46.8 Å². The van der Waals surface area contributed by atoms with Crippen molar-refractivity contribution in [3.05, 3.63) is 268 Å². The second-order valence-electron chi connectivity index (χ2n) is 37.3. The first-order valence-electron chi connectivity index (χ1n) is 44.2. The van der Waals surface area contributed by atoms with Crippen LogP contribution in [0.4, 0.5) is 19.2 Å². The third-order valence-electron chi connectivity index (χ3n) is 23.1. The summed E-state index contributed by atoms with van der Waals surface area (Å²) in [6.45, 7) is 28.4. The molecule has 20 rings (SSSR count). The Morgan fingerprint density at radius 3 is 1.14 bits per heavy atom. The standard InChI is InChI=1S/C28H33N3O4.C22H22N2O4.C21H20N2O4.C21H20N2O3.C13H12N2O/c1-28(2,3)35-27(33)31-23-11-10-21(34-15-14-30-12-5-4-6-13-30)16-20(23)17-24(31)22-9-7-8-19-18-29-26(32)25(19)22;1-22(2,3)28-21(26)24-17-9-8-15(27-4)10-14(17)11-18(24)16-7-5-6-13-12-23-20(25)19(13)16;1-21(2,3)27-20(26)23-16-8-7-14(24)9-13(16)10-17(23)15-6-4-5-12-11-22-19(25)18(12)15;1-21(2,3)26-20(25)23-16-10-5-4-7-13(16)11-17(23)15-9-6-8-14-12-22-19(24)18(14)15;1-15-8-9-4-2-5-10(12(9)13(15)16)11-6-3-7-14-11/h7-11,16-17H,4-6,12-15,18H2,1-3H3,(H,29,32);5-11H,12H2,1-4H3,(H,23,25);4-10,24H,11H2,1-3H3,(H,22,25);4-11H,12H2,1-3H3,(H,22,24);2-7,14H,8H2,1H3.